The number of ether oxygens (including phenoxy) is 1. The summed E-state index contributed by atoms with van der Waals surface area (Å²) in [5.41, 5.74) is 1.33. The van der Waals surface area contributed by atoms with E-state index in [1.807, 2.05) is 0 Å². The summed E-state index contributed by atoms with van der Waals surface area (Å²) in [5.74, 6) is -0.534. The Morgan fingerprint density at radius 2 is 1.63 bits per heavy atom. The van der Waals surface area contributed by atoms with Crippen molar-refractivity contribution in [3.63, 3.8) is 0 Å². The van der Waals surface area contributed by atoms with Crippen LogP contribution in [0.4, 0.5) is 0 Å². The Balaban J connectivity index is 1.80. The zero-order chi connectivity index (χ0) is 13.3. The largest absolute Gasteiger partial charge is 0.373 e. The van der Waals surface area contributed by atoms with E-state index in [4.69, 9.17) is 9.26 Å². The Morgan fingerprint density at radius 1 is 1.05 bits per heavy atom. The monoisotopic (exact) mass is 261 g/mol. The van der Waals surface area contributed by atoms with Gasteiger partial charge >= 0.3 is 0 Å². The van der Waals surface area contributed by atoms with Gasteiger partial charge in [-0.05, 0) is 26.7 Å². The zero-order valence-electron chi connectivity index (χ0n) is 10.9. The first kappa shape index (κ1) is 11.3. The number of nitrogens with zero attached hydrogens (tertiary/aromatic N) is 1. The van der Waals surface area contributed by atoms with E-state index in [-0.39, 0.29) is 35.6 Å². The maximum absolute atomic E-state index is 12.6. The predicted molar refractivity (Wildman–Crippen MR) is 63.6 cm³/mol. The van der Waals surface area contributed by atoms with Crippen LogP contribution < -0.4 is 0 Å². The number of hydrogen-bond donors (Lipinski definition) is 0. The molecular weight excluding hydrogens is 246 g/mol. The predicted octanol–water partition coefficient (Wildman–Crippen LogP) is 1.32. The fourth-order valence-corrected chi connectivity index (χ4v) is 4.11. The summed E-state index contributed by atoms with van der Waals surface area (Å²) in [5, 5.41) is 3.87. The Bertz CT molecular complexity index is 543. The zero-order valence-corrected chi connectivity index (χ0v) is 10.9. The minimum atomic E-state index is -0.673. The lowest BCUT2D eigenvalue weighted by Crippen LogP contribution is -2.29. The van der Waals surface area contributed by atoms with Gasteiger partial charge in [0.25, 0.3) is 0 Å². The molecule has 100 valence electrons. The number of carbonyl (C=O) groups excluding carboxylic acids is 2. The van der Waals surface area contributed by atoms with Crippen molar-refractivity contribution in [2.24, 2.45) is 11.8 Å². The molecule has 1 aliphatic carbocycles. The summed E-state index contributed by atoms with van der Waals surface area (Å²) in [4.78, 5) is 25.2. The van der Waals surface area contributed by atoms with Crippen molar-refractivity contribution in [2.45, 2.75) is 44.8 Å². The van der Waals surface area contributed by atoms with Crippen molar-refractivity contribution < 1.29 is 18.8 Å². The molecule has 0 N–H and O–H groups in total. The van der Waals surface area contributed by atoms with Gasteiger partial charge < -0.3 is 9.26 Å². The molecule has 1 unspecified atom stereocenters. The Morgan fingerprint density at radius 3 is 2.11 bits per heavy atom. The van der Waals surface area contributed by atoms with E-state index < -0.39 is 5.92 Å². The first-order valence-electron chi connectivity index (χ1n) is 6.75. The molecule has 5 atom stereocenters. The fourth-order valence-electron chi connectivity index (χ4n) is 4.11. The standard InChI is InChI=1S/C14H15NO4/c1-5-9(6(2)19-15-5)12-13(16)10-7-3-4-8(18-7)11(10)14(12)17/h7-8,10-12H,3-4H2,1-2H3/t7-,8+,10-,11+,12?. The molecule has 5 nitrogen and oxygen atoms in total. The second-order valence-electron chi connectivity index (χ2n) is 5.82. The third kappa shape index (κ3) is 1.26. The molecule has 0 spiro atoms. The van der Waals surface area contributed by atoms with Crippen LogP contribution in [0.2, 0.25) is 0 Å². The molecule has 2 bridgehead atoms. The molecule has 19 heavy (non-hydrogen) atoms. The van der Waals surface area contributed by atoms with Crippen molar-refractivity contribution in [3.8, 4) is 0 Å². The van der Waals surface area contributed by atoms with Gasteiger partial charge in [-0.2, -0.15) is 0 Å². The van der Waals surface area contributed by atoms with Gasteiger partial charge in [-0.25, -0.2) is 0 Å². The number of Topliss-reactive ketones (excluding diaryl/α,β-unsaturated/α-hetero) is 2. The molecule has 0 radical (unpaired) electrons. The molecule has 0 aromatic carbocycles. The minimum Gasteiger partial charge on any atom is -0.373 e. The van der Waals surface area contributed by atoms with Gasteiger partial charge in [0.1, 0.15) is 11.7 Å². The van der Waals surface area contributed by atoms with Crippen molar-refractivity contribution in [3.05, 3.63) is 17.0 Å². The van der Waals surface area contributed by atoms with Crippen molar-refractivity contribution in [1.82, 2.24) is 5.16 Å². The molecule has 1 aromatic rings. The summed E-state index contributed by atoms with van der Waals surface area (Å²) in [7, 11) is 0. The van der Waals surface area contributed by atoms with E-state index in [0.717, 1.165) is 12.8 Å². The third-order valence-corrected chi connectivity index (χ3v) is 4.88. The summed E-state index contributed by atoms with van der Waals surface area (Å²) in [6.45, 7) is 3.54. The smallest absolute Gasteiger partial charge is 0.154 e. The lowest BCUT2D eigenvalue weighted by molar-refractivity contribution is -0.127. The van der Waals surface area contributed by atoms with Crippen molar-refractivity contribution >= 4 is 11.6 Å². The average Bonchev–Trinajstić information content (AvgIpc) is 3.10. The second-order valence-corrected chi connectivity index (χ2v) is 5.82. The summed E-state index contributed by atoms with van der Waals surface area (Å²) in [6, 6.07) is 0. The Hall–Kier alpha value is -1.49. The molecule has 2 aliphatic heterocycles. The Labute approximate surface area is 110 Å². The van der Waals surface area contributed by atoms with Gasteiger partial charge in [0, 0.05) is 5.56 Å². The van der Waals surface area contributed by atoms with E-state index in [1.165, 1.54) is 0 Å². The van der Waals surface area contributed by atoms with Crippen molar-refractivity contribution in [1.29, 1.82) is 0 Å². The van der Waals surface area contributed by atoms with Crippen LogP contribution in [-0.2, 0) is 14.3 Å². The van der Waals surface area contributed by atoms with Crippen LogP contribution in [0.5, 0.6) is 0 Å². The molecular formula is C14H15NO4. The molecule has 5 heteroatoms. The van der Waals surface area contributed by atoms with Crippen LogP contribution in [0.1, 0.15) is 35.8 Å². The highest BCUT2D eigenvalue weighted by Crippen LogP contribution is 2.52. The molecule has 1 saturated carbocycles. The highest BCUT2D eigenvalue weighted by atomic mass is 16.5. The van der Waals surface area contributed by atoms with Crippen LogP contribution >= 0.6 is 0 Å². The molecule has 0 amide bonds. The lowest BCUT2D eigenvalue weighted by atomic mass is 9.81. The molecule has 3 fully saturated rings. The SMILES string of the molecule is Cc1noc(C)c1C1C(=O)[C@@H]2[C@H](C1=O)[C@H]1CC[C@@H]2O1. The van der Waals surface area contributed by atoms with E-state index >= 15 is 0 Å². The van der Waals surface area contributed by atoms with Gasteiger partial charge in [-0.3, -0.25) is 9.59 Å². The second kappa shape index (κ2) is 3.54. The summed E-state index contributed by atoms with van der Waals surface area (Å²) < 4.78 is 10.8. The van der Waals surface area contributed by atoms with Gasteiger partial charge in [0.05, 0.1) is 29.7 Å². The molecule has 3 aliphatic rings. The number of fused-ring (bicyclic) bond motifs is 5. The molecule has 4 rings (SSSR count). The first-order chi connectivity index (χ1) is 9.09. The maximum Gasteiger partial charge on any atom is 0.154 e. The number of aromatic nitrogens is 1. The van der Waals surface area contributed by atoms with Crippen molar-refractivity contribution in [2.75, 3.05) is 0 Å². The number of hydrogen-bond acceptors (Lipinski definition) is 5. The molecule has 3 heterocycles. The fraction of sp³-hybridized carbons (Fsp3) is 0.643. The van der Waals surface area contributed by atoms with Crippen LogP contribution in [0, 0.1) is 25.7 Å². The third-order valence-electron chi connectivity index (χ3n) is 4.88. The average molecular weight is 261 g/mol. The minimum absolute atomic E-state index is 0.0107. The van der Waals surface area contributed by atoms with Crippen LogP contribution in [0.25, 0.3) is 0 Å². The highest BCUT2D eigenvalue weighted by Gasteiger charge is 2.63. The molecule has 2 saturated heterocycles. The van der Waals surface area contributed by atoms with Crippen LogP contribution in [0.15, 0.2) is 4.52 Å². The van der Waals surface area contributed by atoms with Crippen LogP contribution in [-0.4, -0.2) is 28.9 Å². The van der Waals surface area contributed by atoms with Gasteiger partial charge in [-0.15, -0.1) is 0 Å². The first-order valence-corrected chi connectivity index (χ1v) is 6.75. The van der Waals surface area contributed by atoms with E-state index in [0.29, 0.717) is 17.0 Å². The lowest BCUT2D eigenvalue weighted by Gasteiger charge is -2.16. The number of carbonyl (C=O) groups is 2. The normalized spacial score (nSPS) is 40.2. The highest BCUT2D eigenvalue weighted by molar-refractivity contribution is 6.17. The van der Waals surface area contributed by atoms with E-state index in [1.54, 1.807) is 13.8 Å². The summed E-state index contributed by atoms with van der Waals surface area (Å²) >= 11 is 0. The number of rotatable bonds is 1. The molecule has 1 aromatic heterocycles. The van der Waals surface area contributed by atoms with Crippen LogP contribution in [0.3, 0.4) is 0 Å². The van der Waals surface area contributed by atoms with E-state index in [2.05, 4.69) is 5.16 Å². The van der Waals surface area contributed by atoms with E-state index in [9.17, 15) is 9.59 Å². The Kier molecular flexibility index (Phi) is 2.11. The quantitative estimate of drug-likeness (QED) is 0.713. The number of ketones is 2. The van der Waals surface area contributed by atoms with Gasteiger partial charge in [0.15, 0.2) is 11.6 Å². The van der Waals surface area contributed by atoms with Gasteiger partial charge in [0.2, 0.25) is 0 Å². The van der Waals surface area contributed by atoms with Gasteiger partial charge in [-0.1, -0.05) is 5.16 Å². The number of aryl methyl sites for hydroxylation is 2. The summed E-state index contributed by atoms with van der Waals surface area (Å²) in [6.07, 6.45) is 1.71. The topological polar surface area (TPSA) is 69.4 Å². The maximum atomic E-state index is 12.6.